The maximum Gasteiger partial charge on any atom is 0.248 e. The summed E-state index contributed by atoms with van der Waals surface area (Å²) in [6, 6.07) is 2.23. The first kappa shape index (κ1) is 20.6. The van der Waals surface area contributed by atoms with Crippen LogP contribution in [-0.2, 0) is 10.3 Å². The number of rotatable bonds is 5. The van der Waals surface area contributed by atoms with Crippen molar-refractivity contribution in [1.29, 1.82) is 0 Å². The quantitative estimate of drug-likeness (QED) is 0.801. The van der Waals surface area contributed by atoms with E-state index in [2.05, 4.69) is 20.6 Å². The van der Waals surface area contributed by atoms with Crippen molar-refractivity contribution in [2.75, 3.05) is 32.7 Å². The third-order valence-electron chi connectivity index (χ3n) is 6.71. The van der Waals surface area contributed by atoms with Crippen LogP contribution in [0.5, 0.6) is 0 Å². The molecule has 2 aliphatic heterocycles. The molecule has 152 valence electrons. The fourth-order valence-corrected chi connectivity index (χ4v) is 5.06. The normalized spacial score (nSPS) is 24.4. The minimum Gasteiger partial charge on any atom is -0.351 e. The molecular weight excluding hydrogens is 362 g/mol. The Kier molecular flexibility index (Phi) is 7.17. The van der Waals surface area contributed by atoms with E-state index in [4.69, 9.17) is 0 Å². The average molecular weight is 396 g/mol. The van der Waals surface area contributed by atoms with E-state index in [-0.39, 0.29) is 18.3 Å². The molecule has 3 fully saturated rings. The highest BCUT2D eigenvalue weighted by Crippen LogP contribution is 2.29. The van der Waals surface area contributed by atoms with Crippen molar-refractivity contribution >= 4 is 18.3 Å². The second-order valence-electron chi connectivity index (χ2n) is 8.43. The highest BCUT2D eigenvalue weighted by Gasteiger charge is 2.42. The van der Waals surface area contributed by atoms with Gasteiger partial charge in [0.15, 0.2) is 0 Å². The lowest BCUT2D eigenvalue weighted by molar-refractivity contribution is -0.133. The summed E-state index contributed by atoms with van der Waals surface area (Å²) >= 11 is 0. The predicted octanol–water partition coefficient (Wildman–Crippen LogP) is 2.15. The Morgan fingerprint density at radius 3 is 2.48 bits per heavy atom. The van der Waals surface area contributed by atoms with Crippen LogP contribution in [0.1, 0.15) is 51.4 Å². The fraction of sp³-hybridized carbons (Fsp3) is 0.800. The third kappa shape index (κ3) is 4.66. The second kappa shape index (κ2) is 9.39. The Hall–Kier alpha value is -1.11. The summed E-state index contributed by atoms with van der Waals surface area (Å²) in [5.74, 6) is 1.08. The van der Waals surface area contributed by atoms with E-state index >= 15 is 0 Å². The molecule has 1 saturated carbocycles. The maximum absolute atomic E-state index is 13.2. The van der Waals surface area contributed by atoms with Gasteiger partial charge < -0.3 is 15.5 Å². The summed E-state index contributed by atoms with van der Waals surface area (Å²) in [5, 5.41) is 11.2. The summed E-state index contributed by atoms with van der Waals surface area (Å²) in [4.78, 5) is 15.9. The van der Waals surface area contributed by atoms with Gasteiger partial charge in [0.25, 0.3) is 0 Å². The molecular formula is C20H34ClN5O. The zero-order chi connectivity index (χ0) is 17.8. The minimum atomic E-state index is -0.518. The van der Waals surface area contributed by atoms with Gasteiger partial charge in [-0.25, -0.2) is 0 Å². The summed E-state index contributed by atoms with van der Waals surface area (Å²) in [6.45, 7) is 5.25. The lowest BCUT2D eigenvalue weighted by atomic mass is 9.86. The number of amides is 1. The molecule has 1 aromatic heterocycles. The van der Waals surface area contributed by atoms with Gasteiger partial charge in [-0.05, 0) is 63.6 Å². The van der Waals surface area contributed by atoms with E-state index in [1.54, 1.807) is 6.20 Å². The molecule has 7 heteroatoms. The van der Waals surface area contributed by atoms with Crippen molar-refractivity contribution in [2.45, 2.75) is 62.9 Å². The Morgan fingerprint density at radius 2 is 1.85 bits per heavy atom. The van der Waals surface area contributed by atoms with Gasteiger partial charge in [-0.2, -0.15) is 5.10 Å². The fourth-order valence-electron chi connectivity index (χ4n) is 5.06. The molecule has 0 unspecified atom stereocenters. The van der Waals surface area contributed by atoms with Gasteiger partial charge in [-0.3, -0.25) is 9.48 Å². The number of likely N-dealkylation sites (tertiary alicyclic amines) is 1. The molecule has 3 heterocycles. The number of carbonyl (C=O) groups excluding carboxylic acids is 1. The van der Waals surface area contributed by atoms with Crippen molar-refractivity contribution in [2.24, 2.45) is 5.92 Å². The molecule has 3 aliphatic rings. The molecule has 27 heavy (non-hydrogen) atoms. The van der Waals surface area contributed by atoms with Crippen molar-refractivity contribution < 1.29 is 4.79 Å². The van der Waals surface area contributed by atoms with Crippen molar-refractivity contribution in [1.82, 2.24) is 25.3 Å². The van der Waals surface area contributed by atoms with Crippen LogP contribution < -0.4 is 10.6 Å². The van der Waals surface area contributed by atoms with Gasteiger partial charge in [-0.15, -0.1) is 12.4 Å². The van der Waals surface area contributed by atoms with E-state index in [0.717, 1.165) is 57.8 Å². The molecule has 0 bridgehead atoms. The van der Waals surface area contributed by atoms with Gasteiger partial charge in [0, 0.05) is 38.1 Å². The maximum atomic E-state index is 13.2. The number of piperidine rings is 2. The van der Waals surface area contributed by atoms with E-state index in [9.17, 15) is 4.79 Å². The van der Waals surface area contributed by atoms with Crippen LogP contribution in [0.25, 0.3) is 0 Å². The molecule has 0 spiro atoms. The van der Waals surface area contributed by atoms with Crippen LogP contribution in [0.15, 0.2) is 18.5 Å². The molecule has 0 atom stereocenters. The Labute approximate surface area is 168 Å². The Balaban J connectivity index is 0.00000210. The van der Waals surface area contributed by atoms with E-state index in [1.807, 2.05) is 16.9 Å². The molecule has 1 aliphatic carbocycles. The molecule has 6 nitrogen and oxygen atoms in total. The van der Waals surface area contributed by atoms with Crippen LogP contribution >= 0.6 is 12.4 Å². The van der Waals surface area contributed by atoms with E-state index < -0.39 is 5.54 Å². The average Bonchev–Trinajstić information content (AvgIpc) is 3.38. The largest absolute Gasteiger partial charge is 0.351 e. The van der Waals surface area contributed by atoms with Crippen LogP contribution in [0.3, 0.4) is 0 Å². The zero-order valence-corrected chi connectivity index (χ0v) is 17.1. The lowest BCUT2D eigenvalue weighted by Crippen LogP contribution is -2.57. The monoisotopic (exact) mass is 395 g/mol. The Bertz CT molecular complexity index is 573. The third-order valence-corrected chi connectivity index (χ3v) is 6.71. The first-order chi connectivity index (χ1) is 12.8. The van der Waals surface area contributed by atoms with Crippen LogP contribution in [0, 0.1) is 5.92 Å². The molecule has 1 amide bonds. The second-order valence-corrected chi connectivity index (χ2v) is 8.43. The number of carbonyl (C=O) groups is 1. The summed E-state index contributed by atoms with van der Waals surface area (Å²) in [5.41, 5.74) is -0.518. The first-order valence-corrected chi connectivity index (χ1v) is 10.5. The summed E-state index contributed by atoms with van der Waals surface area (Å²) in [6.07, 6.45) is 13.1. The van der Waals surface area contributed by atoms with Crippen molar-refractivity contribution in [3.05, 3.63) is 18.5 Å². The molecule has 4 rings (SSSR count). The first-order valence-electron chi connectivity index (χ1n) is 10.5. The predicted molar refractivity (Wildman–Crippen MR) is 109 cm³/mol. The SMILES string of the molecule is Cl.O=C(NC1CCN(CC2CCCC2)CC1)C1(n2cccn2)CCNCC1. The molecule has 1 aromatic rings. The van der Waals surface area contributed by atoms with Gasteiger partial charge in [-0.1, -0.05) is 12.8 Å². The van der Waals surface area contributed by atoms with Gasteiger partial charge in [0.1, 0.15) is 5.54 Å². The molecule has 2 N–H and O–H groups in total. The topological polar surface area (TPSA) is 62.2 Å². The number of hydrogen-bond acceptors (Lipinski definition) is 4. The summed E-state index contributed by atoms with van der Waals surface area (Å²) in [7, 11) is 0. The lowest BCUT2D eigenvalue weighted by Gasteiger charge is -2.39. The van der Waals surface area contributed by atoms with Crippen LogP contribution in [0.2, 0.25) is 0 Å². The number of nitrogens with zero attached hydrogens (tertiary/aromatic N) is 3. The highest BCUT2D eigenvalue weighted by atomic mass is 35.5. The van der Waals surface area contributed by atoms with Gasteiger partial charge in [0.05, 0.1) is 0 Å². The number of aromatic nitrogens is 2. The number of halogens is 1. The van der Waals surface area contributed by atoms with Crippen molar-refractivity contribution in [3.8, 4) is 0 Å². The molecule has 2 saturated heterocycles. The zero-order valence-electron chi connectivity index (χ0n) is 16.2. The van der Waals surface area contributed by atoms with E-state index in [1.165, 1.54) is 32.2 Å². The van der Waals surface area contributed by atoms with Gasteiger partial charge in [0.2, 0.25) is 5.91 Å². The van der Waals surface area contributed by atoms with E-state index in [0.29, 0.717) is 6.04 Å². The number of hydrogen-bond donors (Lipinski definition) is 2. The minimum absolute atomic E-state index is 0. The molecule has 0 aromatic carbocycles. The highest BCUT2D eigenvalue weighted by molar-refractivity contribution is 5.85. The van der Waals surface area contributed by atoms with Gasteiger partial charge >= 0.3 is 0 Å². The van der Waals surface area contributed by atoms with Crippen LogP contribution in [-0.4, -0.2) is 59.4 Å². The number of nitrogens with one attached hydrogen (secondary N) is 2. The van der Waals surface area contributed by atoms with Crippen molar-refractivity contribution in [3.63, 3.8) is 0 Å². The van der Waals surface area contributed by atoms with Crippen LogP contribution in [0.4, 0.5) is 0 Å². The Morgan fingerprint density at radius 1 is 1.15 bits per heavy atom. The smallest absolute Gasteiger partial charge is 0.248 e. The summed E-state index contributed by atoms with van der Waals surface area (Å²) < 4.78 is 1.89. The molecule has 0 radical (unpaired) electrons. The standard InChI is InChI=1S/C20H33N5O.ClH/c26-19(20(8-11-21-12-9-20)25-13-3-10-22-25)23-18-6-14-24(15-7-18)16-17-4-1-2-5-17;/h3,10,13,17-18,21H,1-2,4-9,11-12,14-16H2,(H,23,26);1H.